The highest BCUT2D eigenvalue weighted by Gasteiger charge is 2.19. The Balaban J connectivity index is 4.26. The molecule has 0 aromatic heterocycles. The fourth-order valence-corrected chi connectivity index (χ4v) is 1.93. The molecule has 3 N–H and O–H groups in total. The SMILES string of the molecule is CCCN(CCC)C(CN)CNC(=O)OC(C)(C)C. The van der Waals surface area contributed by atoms with E-state index in [2.05, 4.69) is 24.1 Å². The molecule has 5 nitrogen and oxygen atoms in total. The average Bonchev–Trinajstić information content (AvgIpc) is 2.28. The van der Waals surface area contributed by atoms with Gasteiger partial charge in [-0.1, -0.05) is 13.8 Å². The maximum atomic E-state index is 11.6. The van der Waals surface area contributed by atoms with Crippen LogP contribution in [0, 0.1) is 0 Å². The highest BCUT2D eigenvalue weighted by atomic mass is 16.6. The summed E-state index contributed by atoms with van der Waals surface area (Å²) >= 11 is 0. The molecule has 0 aliphatic heterocycles. The van der Waals surface area contributed by atoms with Crippen molar-refractivity contribution >= 4 is 6.09 Å². The number of alkyl carbamates (subject to hydrolysis) is 1. The lowest BCUT2D eigenvalue weighted by molar-refractivity contribution is 0.0508. The van der Waals surface area contributed by atoms with Crippen molar-refractivity contribution in [3.8, 4) is 0 Å². The van der Waals surface area contributed by atoms with Crippen molar-refractivity contribution in [2.45, 2.75) is 59.1 Å². The van der Waals surface area contributed by atoms with Crippen LogP contribution in [-0.4, -0.2) is 48.8 Å². The topological polar surface area (TPSA) is 67.6 Å². The second-order valence-corrected chi connectivity index (χ2v) is 5.81. The number of carbonyl (C=O) groups is 1. The highest BCUT2D eigenvalue weighted by molar-refractivity contribution is 5.67. The summed E-state index contributed by atoms with van der Waals surface area (Å²) < 4.78 is 5.22. The Labute approximate surface area is 117 Å². The zero-order valence-electron chi connectivity index (χ0n) is 13.2. The highest BCUT2D eigenvalue weighted by Crippen LogP contribution is 2.07. The van der Waals surface area contributed by atoms with Gasteiger partial charge in [0.1, 0.15) is 5.60 Å². The average molecular weight is 273 g/mol. The standard InChI is InChI=1S/C14H31N3O2/c1-6-8-17(9-7-2)12(10-15)11-16-13(18)19-14(3,4)5/h12H,6-11,15H2,1-5H3,(H,16,18). The van der Waals surface area contributed by atoms with Gasteiger partial charge in [-0.25, -0.2) is 4.79 Å². The van der Waals surface area contributed by atoms with Crippen molar-refractivity contribution in [3.05, 3.63) is 0 Å². The van der Waals surface area contributed by atoms with Crippen LogP contribution in [0.3, 0.4) is 0 Å². The van der Waals surface area contributed by atoms with Gasteiger partial charge in [0.05, 0.1) is 0 Å². The minimum Gasteiger partial charge on any atom is -0.444 e. The summed E-state index contributed by atoms with van der Waals surface area (Å²) in [6.45, 7) is 12.9. The van der Waals surface area contributed by atoms with Crippen molar-refractivity contribution in [3.63, 3.8) is 0 Å². The lowest BCUT2D eigenvalue weighted by Gasteiger charge is -2.30. The smallest absolute Gasteiger partial charge is 0.407 e. The van der Waals surface area contributed by atoms with Gasteiger partial charge in [0.2, 0.25) is 0 Å². The third kappa shape index (κ3) is 8.83. The maximum Gasteiger partial charge on any atom is 0.407 e. The zero-order valence-corrected chi connectivity index (χ0v) is 13.2. The molecule has 0 saturated carbocycles. The molecular weight excluding hydrogens is 242 g/mol. The first-order chi connectivity index (χ1) is 8.84. The molecule has 114 valence electrons. The molecule has 1 atom stereocenters. The van der Waals surface area contributed by atoms with Crippen molar-refractivity contribution in [1.82, 2.24) is 10.2 Å². The molecule has 0 spiro atoms. The monoisotopic (exact) mass is 273 g/mol. The van der Waals surface area contributed by atoms with Gasteiger partial charge >= 0.3 is 6.09 Å². The molecular formula is C14H31N3O2. The van der Waals surface area contributed by atoms with Crippen molar-refractivity contribution in [1.29, 1.82) is 0 Å². The van der Waals surface area contributed by atoms with E-state index in [1.54, 1.807) is 0 Å². The molecule has 0 heterocycles. The number of carbonyl (C=O) groups excluding carboxylic acids is 1. The Hall–Kier alpha value is -0.810. The van der Waals surface area contributed by atoms with Gasteiger partial charge in [0.15, 0.2) is 0 Å². The number of nitrogens with one attached hydrogen (secondary N) is 1. The fourth-order valence-electron chi connectivity index (χ4n) is 1.93. The van der Waals surface area contributed by atoms with Gasteiger partial charge in [-0.3, -0.25) is 4.90 Å². The molecule has 5 heteroatoms. The molecule has 0 radical (unpaired) electrons. The summed E-state index contributed by atoms with van der Waals surface area (Å²) in [5.74, 6) is 0. The third-order valence-corrected chi connectivity index (χ3v) is 2.69. The second kappa shape index (κ2) is 9.15. The van der Waals surface area contributed by atoms with E-state index in [0.29, 0.717) is 13.1 Å². The molecule has 0 fully saturated rings. The summed E-state index contributed by atoms with van der Waals surface area (Å²) in [5, 5.41) is 2.80. The van der Waals surface area contributed by atoms with Crippen molar-refractivity contribution in [2.75, 3.05) is 26.2 Å². The molecule has 0 saturated heterocycles. The minimum atomic E-state index is -0.463. The quantitative estimate of drug-likeness (QED) is 0.709. The van der Waals surface area contributed by atoms with E-state index < -0.39 is 5.60 Å². The molecule has 0 rings (SSSR count). The van der Waals surface area contributed by atoms with Crippen LogP contribution in [0.5, 0.6) is 0 Å². The fraction of sp³-hybridized carbons (Fsp3) is 0.929. The van der Waals surface area contributed by atoms with Crippen LogP contribution in [0.25, 0.3) is 0 Å². The van der Waals surface area contributed by atoms with E-state index in [1.165, 1.54) is 0 Å². The van der Waals surface area contributed by atoms with Crippen molar-refractivity contribution < 1.29 is 9.53 Å². The first-order valence-corrected chi connectivity index (χ1v) is 7.25. The number of amides is 1. The van der Waals surface area contributed by atoms with E-state index in [-0.39, 0.29) is 12.1 Å². The summed E-state index contributed by atoms with van der Waals surface area (Å²) in [5.41, 5.74) is 5.35. The van der Waals surface area contributed by atoms with E-state index >= 15 is 0 Å². The Morgan fingerprint density at radius 1 is 1.26 bits per heavy atom. The summed E-state index contributed by atoms with van der Waals surface area (Å²) in [6.07, 6.45) is 1.80. The second-order valence-electron chi connectivity index (χ2n) is 5.81. The van der Waals surface area contributed by atoms with Crippen LogP contribution in [0.1, 0.15) is 47.5 Å². The number of nitrogens with zero attached hydrogens (tertiary/aromatic N) is 1. The molecule has 0 aliphatic rings. The summed E-state index contributed by atoms with van der Waals surface area (Å²) in [7, 11) is 0. The molecule has 0 aliphatic carbocycles. The lowest BCUT2D eigenvalue weighted by Crippen LogP contribution is -2.49. The van der Waals surface area contributed by atoms with Crippen LogP contribution < -0.4 is 11.1 Å². The molecule has 0 aromatic rings. The van der Waals surface area contributed by atoms with Gasteiger partial charge in [-0.2, -0.15) is 0 Å². The number of rotatable bonds is 8. The van der Waals surface area contributed by atoms with Crippen LogP contribution >= 0.6 is 0 Å². The van der Waals surface area contributed by atoms with Crippen LogP contribution in [0.15, 0.2) is 0 Å². The van der Waals surface area contributed by atoms with Gasteiger partial charge in [-0.15, -0.1) is 0 Å². The summed E-state index contributed by atoms with van der Waals surface area (Å²) in [4.78, 5) is 14.0. The van der Waals surface area contributed by atoms with Gasteiger partial charge in [0.25, 0.3) is 0 Å². The van der Waals surface area contributed by atoms with Crippen LogP contribution in [0.2, 0.25) is 0 Å². The Morgan fingerprint density at radius 3 is 2.16 bits per heavy atom. The normalized spacial score (nSPS) is 13.4. The van der Waals surface area contributed by atoms with E-state index in [4.69, 9.17) is 10.5 Å². The molecule has 1 amide bonds. The molecule has 0 bridgehead atoms. The first-order valence-electron chi connectivity index (χ1n) is 7.25. The van der Waals surface area contributed by atoms with Gasteiger partial charge < -0.3 is 15.8 Å². The predicted octanol–water partition coefficient (Wildman–Crippen LogP) is 1.96. The van der Waals surface area contributed by atoms with Gasteiger partial charge in [0, 0.05) is 19.1 Å². The number of hydrogen-bond acceptors (Lipinski definition) is 4. The van der Waals surface area contributed by atoms with E-state index in [1.807, 2.05) is 20.8 Å². The van der Waals surface area contributed by atoms with E-state index in [9.17, 15) is 4.79 Å². The first kappa shape index (κ1) is 18.2. The molecule has 19 heavy (non-hydrogen) atoms. The maximum absolute atomic E-state index is 11.6. The summed E-state index contributed by atoms with van der Waals surface area (Å²) in [6, 6.07) is 0.174. The Kier molecular flexibility index (Phi) is 8.76. The van der Waals surface area contributed by atoms with Crippen LogP contribution in [-0.2, 0) is 4.74 Å². The van der Waals surface area contributed by atoms with Gasteiger partial charge in [-0.05, 0) is 46.7 Å². The Morgan fingerprint density at radius 2 is 1.79 bits per heavy atom. The third-order valence-electron chi connectivity index (χ3n) is 2.69. The van der Waals surface area contributed by atoms with E-state index in [0.717, 1.165) is 25.9 Å². The largest absolute Gasteiger partial charge is 0.444 e. The minimum absolute atomic E-state index is 0.174. The Bertz CT molecular complexity index is 246. The molecule has 0 aromatic carbocycles. The molecule has 1 unspecified atom stereocenters. The zero-order chi connectivity index (χ0) is 14.9. The lowest BCUT2D eigenvalue weighted by atomic mass is 10.2. The number of nitrogens with two attached hydrogens (primary N) is 1. The van der Waals surface area contributed by atoms with Crippen molar-refractivity contribution in [2.24, 2.45) is 5.73 Å². The number of ether oxygens (including phenoxy) is 1. The van der Waals surface area contributed by atoms with Crippen LogP contribution in [0.4, 0.5) is 4.79 Å². The number of hydrogen-bond donors (Lipinski definition) is 2. The predicted molar refractivity (Wildman–Crippen MR) is 79.2 cm³/mol.